The number of carbonyl (C=O) groups excluding carboxylic acids is 1. The molecule has 1 fully saturated rings. The van der Waals surface area contributed by atoms with E-state index < -0.39 is 5.41 Å². The SMILES string of the molecule is CCN1CC(CCO)C(c2ccccc2)(c2ccccc2)C1=O.Cl. The molecule has 1 saturated heterocycles. The van der Waals surface area contributed by atoms with Crippen LogP contribution in [0.2, 0.25) is 0 Å². The maximum atomic E-state index is 13.4. The fourth-order valence-electron chi connectivity index (χ4n) is 3.93. The fourth-order valence-corrected chi connectivity index (χ4v) is 3.93. The number of nitrogens with zero attached hydrogens (tertiary/aromatic N) is 1. The lowest BCUT2D eigenvalue weighted by Crippen LogP contribution is -2.42. The summed E-state index contributed by atoms with van der Waals surface area (Å²) in [7, 11) is 0. The average Bonchev–Trinajstić information content (AvgIpc) is 2.89. The van der Waals surface area contributed by atoms with Crippen LogP contribution < -0.4 is 0 Å². The van der Waals surface area contributed by atoms with E-state index in [0.29, 0.717) is 19.5 Å². The first-order valence-corrected chi connectivity index (χ1v) is 8.26. The van der Waals surface area contributed by atoms with Crippen LogP contribution in [0.15, 0.2) is 60.7 Å². The molecule has 24 heavy (non-hydrogen) atoms. The normalized spacial score (nSPS) is 19.2. The van der Waals surface area contributed by atoms with E-state index in [9.17, 15) is 9.90 Å². The molecule has 0 spiro atoms. The van der Waals surface area contributed by atoms with Gasteiger partial charge in [-0.15, -0.1) is 12.4 Å². The summed E-state index contributed by atoms with van der Waals surface area (Å²) in [5.74, 6) is 0.223. The number of carbonyl (C=O) groups is 1. The number of hydrogen-bond donors (Lipinski definition) is 1. The van der Waals surface area contributed by atoms with Crippen molar-refractivity contribution in [3.8, 4) is 0 Å². The van der Waals surface area contributed by atoms with Crippen LogP contribution in [0.1, 0.15) is 24.5 Å². The summed E-state index contributed by atoms with van der Waals surface area (Å²) in [6.45, 7) is 3.50. The van der Waals surface area contributed by atoms with Gasteiger partial charge in [0.1, 0.15) is 5.41 Å². The molecule has 2 aromatic rings. The largest absolute Gasteiger partial charge is 0.396 e. The Bertz CT molecular complexity index is 620. The zero-order chi connectivity index (χ0) is 16.3. The Morgan fingerprint density at radius 1 is 1.04 bits per heavy atom. The summed E-state index contributed by atoms with van der Waals surface area (Å²) >= 11 is 0. The number of aliphatic hydroxyl groups excluding tert-OH is 1. The molecular weight excluding hydrogens is 322 g/mol. The zero-order valence-corrected chi connectivity index (χ0v) is 14.7. The van der Waals surface area contributed by atoms with Crippen LogP contribution in [0.25, 0.3) is 0 Å². The van der Waals surface area contributed by atoms with E-state index >= 15 is 0 Å². The van der Waals surface area contributed by atoms with Gasteiger partial charge >= 0.3 is 0 Å². The monoisotopic (exact) mass is 345 g/mol. The van der Waals surface area contributed by atoms with Crippen molar-refractivity contribution in [2.45, 2.75) is 18.8 Å². The number of hydrogen-bond acceptors (Lipinski definition) is 2. The van der Waals surface area contributed by atoms with Crippen LogP contribution in [0.5, 0.6) is 0 Å². The molecule has 1 heterocycles. The molecular formula is C20H24ClNO2. The summed E-state index contributed by atoms with van der Waals surface area (Å²) in [4.78, 5) is 15.3. The predicted molar refractivity (Wildman–Crippen MR) is 98.4 cm³/mol. The van der Waals surface area contributed by atoms with E-state index in [1.165, 1.54) is 0 Å². The molecule has 1 aliphatic rings. The van der Waals surface area contributed by atoms with Gasteiger partial charge in [-0.25, -0.2) is 0 Å². The fraction of sp³-hybridized carbons (Fsp3) is 0.350. The second-order valence-electron chi connectivity index (χ2n) is 6.09. The Hall–Kier alpha value is -1.84. The molecule has 3 nitrogen and oxygen atoms in total. The van der Waals surface area contributed by atoms with Gasteiger partial charge in [0, 0.05) is 25.6 Å². The third-order valence-corrected chi connectivity index (χ3v) is 5.00. The maximum Gasteiger partial charge on any atom is 0.238 e. The molecule has 4 heteroatoms. The zero-order valence-electron chi connectivity index (χ0n) is 13.9. The second kappa shape index (κ2) is 7.82. The average molecular weight is 346 g/mol. The topological polar surface area (TPSA) is 40.5 Å². The molecule has 0 aliphatic carbocycles. The summed E-state index contributed by atoms with van der Waals surface area (Å²) in [6, 6.07) is 20.0. The first kappa shape index (κ1) is 18.5. The van der Waals surface area contributed by atoms with Gasteiger partial charge in [-0.1, -0.05) is 60.7 Å². The predicted octanol–water partition coefficient (Wildman–Crippen LogP) is 3.26. The van der Waals surface area contributed by atoms with Gasteiger partial charge in [-0.2, -0.15) is 0 Å². The standard InChI is InChI=1S/C20H23NO2.ClH/c1-2-21-15-18(13-14-22)20(19(21)23,16-9-5-3-6-10-16)17-11-7-4-8-12-17;/h3-12,18,22H,2,13-15H2,1H3;1H. The van der Waals surface area contributed by atoms with Crippen LogP contribution in [-0.2, 0) is 10.2 Å². The smallest absolute Gasteiger partial charge is 0.238 e. The Balaban J connectivity index is 0.00000208. The molecule has 1 aliphatic heterocycles. The van der Waals surface area contributed by atoms with Gasteiger partial charge in [0.25, 0.3) is 0 Å². The molecule has 1 amide bonds. The highest BCUT2D eigenvalue weighted by molar-refractivity contribution is 5.94. The summed E-state index contributed by atoms with van der Waals surface area (Å²) in [6.07, 6.45) is 0.617. The minimum absolute atomic E-state index is 0. The molecule has 3 rings (SSSR count). The molecule has 0 radical (unpaired) electrons. The highest BCUT2D eigenvalue weighted by Gasteiger charge is 2.55. The molecule has 1 atom stereocenters. The van der Waals surface area contributed by atoms with Gasteiger partial charge in [0.2, 0.25) is 5.91 Å². The van der Waals surface area contributed by atoms with E-state index in [-0.39, 0.29) is 30.8 Å². The first-order chi connectivity index (χ1) is 11.2. The van der Waals surface area contributed by atoms with Crippen molar-refractivity contribution in [1.29, 1.82) is 0 Å². The Morgan fingerprint density at radius 2 is 1.54 bits per heavy atom. The minimum atomic E-state index is -0.693. The van der Waals surface area contributed by atoms with Gasteiger partial charge < -0.3 is 10.0 Å². The number of halogens is 1. The van der Waals surface area contributed by atoms with Gasteiger partial charge in [-0.3, -0.25) is 4.79 Å². The summed E-state index contributed by atoms with van der Waals surface area (Å²) in [5, 5.41) is 9.57. The minimum Gasteiger partial charge on any atom is -0.396 e. The molecule has 128 valence electrons. The van der Waals surface area contributed by atoms with E-state index in [1.807, 2.05) is 72.5 Å². The Morgan fingerprint density at radius 3 is 1.96 bits per heavy atom. The van der Waals surface area contributed by atoms with Crippen molar-refractivity contribution < 1.29 is 9.90 Å². The molecule has 1 N–H and O–H groups in total. The van der Waals surface area contributed by atoms with Crippen molar-refractivity contribution in [2.24, 2.45) is 5.92 Å². The Kier molecular flexibility index (Phi) is 6.03. The number of likely N-dealkylation sites (tertiary alicyclic amines) is 1. The number of aliphatic hydroxyl groups is 1. The lowest BCUT2D eigenvalue weighted by atomic mass is 9.66. The molecule has 2 aromatic carbocycles. The van der Waals surface area contributed by atoms with E-state index in [2.05, 4.69) is 0 Å². The number of benzene rings is 2. The van der Waals surface area contributed by atoms with E-state index in [4.69, 9.17) is 0 Å². The van der Waals surface area contributed by atoms with E-state index in [1.54, 1.807) is 0 Å². The second-order valence-corrected chi connectivity index (χ2v) is 6.09. The maximum absolute atomic E-state index is 13.4. The molecule has 0 bridgehead atoms. The molecule has 1 unspecified atom stereocenters. The number of rotatable bonds is 5. The lowest BCUT2D eigenvalue weighted by molar-refractivity contribution is -0.131. The molecule has 0 aromatic heterocycles. The highest BCUT2D eigenvalue weighted by Crippen LogP contribution is 2.47. The first-order valence-electron chi connectivity index (χ1n) is 8.26. The lowest BCUT2D eigenvalue weighted by Gasteiger charge is -2.34. The van der Waals surface area contributed by atoms with E-state index in [0.717, 1.165) is 11.1 Å². The van der Waals surface area contributed by atoms with Crippen molar-refractivity contribution >= 4 is 18.3 Å². The van der Waals surface area contributed by atoms with Gasteiger partial charge in [0.15, 0.2) is 0 Å². The van der Waals surface area contributed by atoms with Crippen molar-refractivity contribution in [2.75, 3.05) is 19.7 Å². The van der Waals surface area contributed by atoms with Crippen LogP contribution in [0.3, 0.4) is 0 Å². The van der Waals surface area contributed by atoms with Gasteiger partial charge in [0.05, 0.1) is 0 Å². The molecule has 0 saturated carbocycles. The van der Waals surface area contributed by atoms with Gasteiger partial charge in [-0.05, 0) is 24.5 Å². The third kappa shape index (κ3) is 2.83. The van der Waals surface area contributed by atoms with Crippen LogP contribution >= 0.6 is 12.4 Å². The van der Waals surface area contributed by atoms with Crippen LogP contribution in [0, 0.1) is 5.92 Å². The summed E-state index contributed by atoms with van der Waals surface area (Å²) < 4.78 is 0. The summed E-state index contributed by atoms with van der Waals surface area (Å²) in [5.41, 5.74) is 1.34. The van der Waals surface area contributed by atoms with Crippen molar-refractivity contribution in [3.63, 3.8) is 0 Å². The van der Waals surface area contributed by atoms with Crippen LogP contribution in [-0.4, -0.2) is 35.6 Å². The number of amides is 1. The van der Waals surface area contributed by atoms with Crippen molar-refractivity contribution in [3.05, 3.63) is 71.8 Å². The third-order valence-electron chi connectivity index (χ3n) is 5.00. The quantitative estimate of drug-likeness (QED) is 0.903. The highest BCUT2D eigenvalue weighted by atomic mass is 35.5. The number of likely N-dealkylation sites (N-methyl/N-ethyl adjacent to an activating group) is 1. The van der Waals surface area contributed by atoms with Crippen LogP contribution in [0.4, 0.5) is 0 Å². The Labute approximate surface area is 149 Å². The van der Waals surface area contributed by atoms with Crippen molar-refractivity contribution in [1.82, 2.24) is 4.90 Å².